The van der Waals surface area contributed by atoms with Gasteiger partial charge >= 0.3 is 0 Å². The molecule has 0 aliphatic heterocycles. The number of anilines is 2. The zero-order valence-electron chi connectivity index (χ0n) is 9.01. The molecule has 0 aromatic carbocycles. The summed E-state index contributed by atoms with van der Waals surface area (Å²) in [5, 5.41) is 10.6. The van der Waals surface area contributed by atoms with Crippen molar-refractivity contribution in [2.24, 2.45) is 14.1 Å². The van der Waals surface area contributed by atoms with Crippen molar-refractivity contribution >= 4 is 17.4 Å². The molecule has 2 aromatic heterocycles. The number of aromatic nitrogens is 4. The van der Waals surface area contributed by atoms with Crippen LogP contribution in [0.15, 0.2) is 18.5 Å². The minimum Gasteiger partial charge on any atom is -0.396 e. The number of carbonyl (C=O) groups excluding carboxylic acids is 1. The van der Waals surface area contributed by atoms with Gasteiger partial charge < -0.3 is 11.1 Å². The molecule has 1 amide bonds. The Labute approximate surface area is 91.8 Å². The summed E-state index contributed by atoms with van der Waals surface area (Å²) >= 11 is 0. The average molecular weight is 220 g/mol. The lowest BCUT2D eigenvalue weighted by atomic mass is 10.3. The summed E-state index contributed by atoms with van der Waals surface area (Å²) in [5.41, 5.74) is 6.20. The second-order valence-electron chi connectivity index (χ2n) is 3.40. The Morgan fingerprint density at radius 2 is 2.25 bits per heavy atom. The summed E-state index contributed by atoms with van der Waals surface area (Å²) in [4.78, 5) is 11.8. The Hall–Kier alpha value is -2.31. The molecular formula is C9H12N6O. The van der Waals surface area contributed by atoms with Crippen LogP contribution < -0.4 is 11.1 Å². The van der Waals surface area contributed by atoms with E-state index in [-0.39, 0.29) is 11.6 Å². The third kappa shape index (κ3) is 1.74. The minimum absolute atomic E-state index is 0.212. The average Bonchev–Trinajstić information content (AvgIpc) is 2.74. The summed E-state index contributed by atoms with van der Waals surface area (Å²) in [6, 6.07) is 1.69. The second-order valence-corrected chi connectivity index (χ2v) is 3.40. The quantitative estimate of drug-likeness (QED) is 0.744. The highest BCUT2D eigenvalue weighted by molar-refractivity contribution is 6.05. The third-order valence-electron chi connectivity index (χ3n) is 2.13. The van der Waals surface area contributed by atoms with Crippen molar-refractivity contribution < 1.29 is 4.79 Å². The smallest absolute Gasteiger partial charge is 0.279 e. The van der Waals surface area contributed by atoms with Crippen LogP contribution in [0.25, 0.3) is 0 Å². The van der Waals surface area contributed by atoms with Gasteiger partial charge in [-0.15, -0.1) is 0 Å². The van der Waals surface area contributed by atoms with Gasteiger partial charge in [-0.25, -0.2) is 0 Å². The maximum Gasteiger partial charge on any atom is 0.279 e. The monoisotopic (exact) mass is 220 g/mol. The lowest BCUT2D eigenvalue weighted by molar-refractivity contribution is 0.102. The predicted octanol–water partition coefficient (Wildman–Crippen LogP) is -0.0119. The number of nitrogen functional groups attached to an aromatic ring is 1. The number of carbonyl (C=O) groups is 1. The van der Waals surface area contributed by atoms with E-state index in [0.717, 1.165) is 0 Å². The molecule has 7 nitrogen and oxygen atoms in total. The van der Waals surface area contributed by atoms with Crippen molar-refractivity contribution in [3.8, 4) is 0 Å². The molecule has 0 atom stereocenters. The van der Waals surface area contributed by atoms with E-state index in [0.29, 0.717) is 11.5 Å². The first-order chi connectivity index (χ1) is 7.58. The van der Waals surface area contributed by atoms with Crippen molar-refractivity contribution in [1.82, 2.24) is 19.6 Å². The Balaban J connectivity index is 2.21. The zero-order valence-corrected chi connectivity index (χ0v) is 9.01. The van der Waals surface area contributed by atoms with Crippen LogP contribution in [-0.2, 0) is 14.1 Å². The molecule has 0 spiro atoms. The van der Waals surface area contributed by atoms with Crippen molar-refractivity contribution in [3.05, 3.63) is 24.2 Å². The third-order valence-corrected chi connectivity index (χ3v) is 2.13. The molecule has 0 bridgehead atoms. The molecule has 16 heavy (non-hydrogen) atoms. The molecule has 0 saturated heterocycles. The molecule has 2 rings (SSSR count). The predicted molar refractivity (Wildman–Crippen MR) is 58.8 cm³/mol. The Bertz CT molecular complexity index is 526. The standard InChI is InChI=1S/C9H12N6O/c1-14-5-6(10)8(13-14)9(16)12-7-3-4-11-15(7)2/h3-5H,10H2,1-2H3,(H,12,16). The van der Waals surface area contributed by atoms with Crippen LogP contribution in [0.4, 0.5) is 11.5 Å². The summed E-state index contributed by atoms with van der Waals surface area (Å²) in [6.45, 7) is 0. The minimum atomic E-state index is -0.346. The molecule has 3 N–H and O–H groups in total. The molecule has 7 heteroatoms. The van der Waals surface area contributed by atoms with E-state index in [1.165, 1.54) is 4.68 Å². The first-order valence-corrected chi connectivity index (χ1v) is 4.66. The molecule has 84 valence electrons. The van der Waals surface area contributed by atoms with E-state index in [2.05, 4.69) is 15.5 Å². The second kappa shape index (κ2) is 3.69. The van der Waals surface area contributed by atoms with Crippen molar-refractivity contribution in [2.75, 3.05) is 11.1 Å². The Morgan fingerprint density at radius 3 is 2.75 bits per heavy atom. The van der Waals surface area contributed by atoms with Gasteiger partial charge in [0.1, 0.15) is 5.82 Å². The van der Waals surface area contributed by atoms with Crippen LogP contribution in [0.1, 0.15) is 10.5 Å². The molecule has 0 unspecified atom stereocenters. The fraction of sp³-hybridized carbons (Fsp3) is 0.222. The molecule has 2 aromatic rings. The normalized spacial score (nSPS) is 10.4. The number of hydrogen-bond donors (Lipinski definition) is 2. The van der Waals surface area contributed by atoms with Crippen LogP contribution in [0.2, 0.25) is 0 Å². The van der Waals surface area contributed by atoms with Gasteiger partial charge in [-0.1, -0.05) is 0 Å². The zero-order chi connectivity index (χ0) is 11.7. The van der Waals surface area contributed by atoms with E-state index < -0.39 is 0 Å². The van der Waals surface area contributed by atoms with E-state index >= 15 is 0 Å². The molecular weight excluding hydrogens is 208 g/mol. The fourth-order valence-electron chi connectivity index (χ4n) is 1.36. The Kier molecular flexibility index (Phi) is 2.35. The maximum atomic E-state index is 11.8. The van der Waals surface area contributed by atoms with Crippen LogP contribution in [0.5, 0.6) is 0 Å². The van der Waals surface area contributed by atoms with Gasteiger partial charge in [-0.05, 0) is 0 Å². The van der Waals surface area contributed by atoms with Crippen LogP contribution >= 0.6 is 0 Å². The maximum absolute atomic E-state index is 11.8. The van der Waals surface area contributed by atoms with Gasteiger partial charge in [-0.3, -0.25) is 14.2 Å². The van der Waals surface area contributed by atoms with E-state index in [9.17, 15) is 4.79 Å². The van der Waals surface area contributed by atoms with Gasteiger partial charge in [0.15, 0.2) is 5.69 Å². The molecule has 0 fully saturated rings. The van der Waals surface area contributed by atoms with Gasteiger partial charge in [0, 0.05) is 26.4 Å². The summed E-state index contributed by atoms with van der Waals surface area (Å²) in [6.07, 6.45) is 3.18. The SMILES string of the molecule is Cn1cc(N)c(C(=O)Nc2ccnn2C)n1. The molecule has 0 aliphatic rings. The van der Waals surface area contributed by atoms with Crippen molar-refractivity contribution in [1.29, 1.82) is 0 Å². The number of amides is 1. The molecule has 0 aliphatic carbocycles. The number of nitrogens with two attached hydrogens (primary N) is 1. The lowest BCUT2D eigenvalue weighted by Crippen LogP contribution is -2.16. The highest BCUT2D eigenvalue weighted by Gasteiger charge is 2.15. The number of nitrogens with zero attached hydrogens (tertiary/aromatic N) is 4. The van der Waals surface area contributed by atoms with E-state index in [1.807, 2.05) is 0 Å². The highest BCUT2D eigenvalue weighted by atomic mass is 16.2. The first-order valence-electron chi connectivity index (χ1n) is 4.66. The number of hydrogen-bond acceptors (Lipinski definition) is 4. The van der Waals surface area contributed by atoms with Crippen LogP contribution in [0, 0.1) is 0 Å². The van der Waals surface area contributed by atoms with Gasteiger partial charge in [0.05, 0.1) is 11.9 Å². The highest BCUT2D eigenvalue weighted by Crippen LogP contribution is 2.11. The number of aryl methyl sites for hydroxylation is 2. The number of nitrogens with one attached hydrogen (secondary N) is 1. The van der Waals surface area contributed by atoms with Crippen LogP contribution in [-0.4, -0.2) is 25.5 Å². The molecule has 2 heterocycles. The van der Waals surface area contributed by atoms with Gasteiger partial charge in [-0.2, -0.15) is 10.2 Å². The lowest BCUT2D eigenvalue weighted by Gasteiger charge is -2.03. The molecule has 0 saturated carbocycles. The topological polar surface area (TPSA) is 90.8 Å². The van der Waals surface area contributed by atoms with Crippen molar-refractivity contribution in [3.63, 3.8) is 0 Å². The van der Waals surface area contributed by atoms with Crippen molar-refractivity contribution in [2.45, 2.75) is 0 Å². The Morgan fingerprint density at radius 1 is 1.50 bits per heavy atom. The summed E-state index contributed by atoms with van der Waals surface area (Å²) < 4.78 is 3.05. The largest absolute Gasteiger partial charge is 0.396 e. The fourth-order valence-corrected chi connectivity index (χ4v) is 1.36. The number of rotatable bonds is 2. The van der Waals surface area contributed by atoms with Gasteiger partial charge in [0.2, 0.25) is 0 Å². The van der Waals surface area contributed by atoms with Gasteiger partial charge in [0.25, 0.3) is 5.91 Å². The summed E-state index contributed by atoms with van der Waals surface area (Å²) in [7, 11) is 3.44. The first kappa shape index (κ1) is 10.2. The van der Waals surface area contributed by atoms with E-state index in [1.54, 1.807) is 37.2 Å². The van der Waals surface area contributed by atoms with Crippen LogP contribution in [0.3, 0.4) is 0 Å². The molecule has 0 radical (unpaired) electrons. The summed E-state index contributed by atoms with van der Waals surface area (Å²) in [5.74, 6) is 0.247. The van der Waals surface area contributed by atoms with E-state index in [4.69, 9.17) is 5.73 Å².